The molecule has 0 fully saturated rings. The number of aromatic nitrogens is 1. The lowest BCUT2D eigenvalue weighted by Gasteiger charge is -2.07. The Hall–Kier alpha value is -2.11. The fraction of sp³-hybridized carbons (Fsp3) is 0.273. The normalized spacial score (nSPS) is 11.1. The topological polar surface area (TPSA) is 67.3 Å². The Kier molecular flexibility index (Phi) is 4.45. The Morgan fingerprint density at radius 2 is 2.53 bits per heavy atom. The summed E-state index contributed by atoms with van der Waals surface area (Å²) >= 11 is 5.72. The summed E-state index contributed by atoms with van der Waals surface area (Å²) in [7, 11) is 0. The molecule has 1 aromatic heterocycles. The van der Waals surface area contributed by atoms with Crippen molar-refractivity contribution in [2.75, 3.05) is 6.61 Å². The fourth-order valence-corrected chi connectivity index (χ4v) is 1.47. The van der Waals surface area contributed by atoms with Crippen LogP contribution in [0.5, 0.6) is 0 Å². The van der Waals surface area contributed by atoms with E-state index in [1.165, 1.54) is 12.3 Å². The summed E-state index contributed by atoms with van der Waals surface area (Å²) in [5.41, 5.74) is 0.254. The van der Waals surface area contributed by atoms with E-state index in [-0.39, 0.29) is 22.9 Å². The molecule has 0 radical (unpaired) electrons. The number of carbonyl (C=O) groups is 1. The lowest BCUT2D eigenvalue weighted by Crippen LogP contribution is -2.14. The number of nitriles is 1. The summed E-state index contributed by atoms with van der Waals surface area (Å²) in [4.78, 5) is 18.4. The Balaban J connectivity index is 3.23. The van der Waals surface area contributed by atoms with E-state index in [1.54, 1.807) is 6.92 Å². The smallest absolute Gasteiger partial charge is 0.395 e. The van der Waals surface area contributed by atoms with E-state index in [1.807, 2.05) is 6.07 Å². The van der Waals surface area contributed by atoms with Gasteiger partial charge in [-0.3, -0.25) is 4.85 Å². The quantitative estimate of drug-likeness (QED) is 0.468. The molecule has 1 rings (SSSR count). The number of hydrogen-bond donors (Lipinski definition) is 0. The van der Waals surface area contributed by atoms with Crippen LogP contribution in [-0.4, -0.2) is 17.6 Å². The van der Waals surface area contributed by atoms with Crippen LogP contribution in [0, 0.1) is 17.9 Å². The molecule has 0 aromatic carbocycles. The zero-order valence-electron chi connectivity index (χ0n) is 8.98. The van der Waals surface area contributed by atoms with Gasteiger partial charge in [-0.2, -0.15) is 5.26 Å². The summed E-state index contributed by atoms with van der Waals surface area (Å²) in [6.07, 6.45) is 1.34. The average Bonchev–Trinajstić information content (AvgIpc) is 2.30. The molecule has 0 aliphatic heterocycles. The highest BCUT2D eigenvalue weighted by Gasteiger charge is 2.31. The maximum Gasteiger partial charge on any atom is 0.395 e. The molecular weight excluding hydrogens is 242 g/mol. The van der Waals surface area contributed by atoms with Crippen molar-refractivity contribution in [1.82, 2.24) is 4.98 Å². The fourth-order valence-electron chi connectivity index (χ4n) is 1.26. The highest BCUT2D eigenvalue weighted by molar-refractivity contribution is 6.30. The maximum absolute atomic E-state index is 11.5. The molecule has 0 spiro atoms. The molecule has 86 valence electrons. The van der Waals surface area contributed by atoms with Crippen LogP contribution >= 0.6 is 11.6 Å². The van der Waals surface area contributed by atoms with Crippen LogP contribution in [0.1, 0.15) is 24.1 Å². The molecule has 0 bridgehead atoms. The van der Waals surface area contributed by atoms with Gasteiger partial charge in [0, 0.05) is 6.20 Å². The minimum absolute atomic E-state index is 0.0250. The second kappa shape index (κ2) is 5.83. The summed E-state index contributed by atoms with van der Waals surface area (Å²) in [5, 5.41) is 8.90. The van der Waals surface area contributed by atoms with Crippen molar-refractivity contribution in [3.8, 4) is 6.07 Å². The van der Waals surface area contributed by atoms with E-state index in [9.17, 15) is 4.79 Å². The van der Waals surface area contributed by atoms with Crippen LogP contribution in [-0.2, 0) is 9.53 Å². The van der Waals surface area contributed by atoms with Crippen molar-refractivity contribution in [2.45, 2.75) is 13.0 Å². The molecule has 17 heavy (non-hydrogen) atoms. The number of pyridine rings is 1. The second-order valence-corrected chi connectivity index (χ2v) is 3.32. The number of ether oxygens (including phenoxy) is 1. The highest BCUT2D eigenvalue weighted by Crippen LogP contribution is 2.26. The first-order valence-corrected chi connectivity index (χ1v) is 5.11. The molecule has 0 saturated heterocycles. The molecule has 1 atom stereocenters. The van der Waals surface area contributed by atoms with E-state index in [2.05, 4.69) is 9.83 Å². The molecule has 5 nitrogen and oxygen atoms in total. The average molecular weight is 250 g/mol. The molecule has 0 saturated carbocycles. The van der Waals surface area contributed by atoms with E-state index in [0.29, 0.717) is 0 Å². The van der Waals surface area contributed by atoms with Gasteiger partial charge in [0.15, 0.2) is 0 Å². The number of halogens is 1. The van der Waals surface area contributed by atoms with Gasteiger partial charge in [-0.25, -0.2) is 16.4 Å². The number of nitrogens with zero attached hydrogens (tertiary/aromatic N) is 3. The Morgan fingerprint density at radius 1 is 1.82 bits per heavy atom. The minimum Gasteiger partial charge on any atom is -0.460 e. The van der Waals surface area contributed by atoms with Gasteiger partial charge in [-0.15, -0.1) is 0 Å². The summed E-state index contributed by atoms with van der Waals surface area (Å²) in [6, 6.07) is 2.07. The van der Waals surface area contributed by atoms with Gasteiger partial charge in [-0.1, -0.05) is 11.6 Å². The number of rotatable bonds is 3. The zero-order chi connectivity index (χ0) is 12.8. The third-order valence-corrected chi connectivity index (χ3v) is 2.27. The van der Waals surface area contributed by atoms with E-state index < -0.39 is 12.0 Å². The minimum atomic E-state index is -1.18. The molecule has 0 amide bonds. The standard InChI is InChI=1S/C11H8ClN3O2/c1-3-17-11(16)9(14-2)7-4-5-15-10(12)8(7)6-13/h4-5,9H,3H2,1H3. The van der Waals surface area contributed by atoms with Crippen molar-refractivity contribution in [2.24, 2.45) is 0 Å². The van der Waals surface area contributed by atoms with E-state index in [4.69, 9.17) is 28.2 Å². The van der Waals surface area contributed by atoms with Gasteiger partial charge in [-0.05, 0) is 13.0 Å². The first kappa shape index (κ1) is 13.0. The third kappa shape index (κ3) is 2.72. The van der Waals surface area contributed by atoms with Crippen molar-refractivity contribution >= 4 is 17.6 Å². The van der Waals surface area contributed by atoms with Crippen LogP contribution in [0.3, 0.4) is 0 Å². The molecule has 1 heterocycles. The Bertz CT molecular complexity index is 516. The highest BCUT2D eigenvalue weighted by atomic mass is 35.5. The molecule has 1 unspecified atom stereocenters. The van der Waals surface area contributed by atoms with Gasteiger partial charge >= 0.3 is 12.0 Å². The van der Waals surface area contributed by atoms with Gasteiger partial charge in [0.1, 0.15) is 16.8 Å². The van der Waals surface area contributed by atoms with Crippen molar-refractivity contribution < 1.29 is 9.53 Å². The monoisotopic (exact) mass is 249 g/mol. The number of esters is 1. The Labute approximate surface area is 103 Å². The summed E-state index contributed by atoms with van der Waals surface area (Å²) in [6.45, 7) is 8.81. The van der Waals surface area contributed by atoms with Crippen LogP contribution in [0.4, 0.5) is 0 Å². The first-order chi connectivity index (χ1) is 8.15. The van der Waals surface area contributed by atoms with Crippen molar-refractivity contribution in [3.05, 3.63) is 40.0 Å². The van der Waals surface area contributed by atoms with Crippen LogP contribution in [0.25, 0.3) is 4.85 Å². The largest absolute Gasteiger partial charge is 0.460 e. The number of carbonyl (C=O) groups excluding carboxylic acids is 1. The SMILES string of the molecule is [C-]#[N+]C(C(=O)OCC)c1ccnc(Cl)c1C#N. The number of hydrogen-bond acceptors (Lipinski definition) is 4. The molecular formula is C11H8ClN3O2. The van der Waals surface area contributed by atoms with Crippen molar-refractivity contribution in [1.29, 1.82) is 5.26 Å². The van der Waals surface area contributed by atoms with Crippen LogP contribution in [0.15, 0.2) is 12.3 Å². The third-order valence-electron chi connectivity index (χ3n) is 1.98. The van der Waals surface area contributed by atoms with Gasteiger partial charge in [0.25, 0.3) is 0 Å². The first-order valence-electron chi connectivity index (χ1n) is 4.73. The van der Waals surface area contributed by atoms with Gasteiger partial charge in [0.2, 0.25) is 0 Å². The molecule has 0 aliphatic carbocycles. The van der Waals surface area contributed by atoms with Crippen molar-refractivity contribution in [3.63, 3.8) is 0 Å². The Morgan fingerprint density at radius 3 is 3.06 bits per heavy atom. The maximum atomic E-state index is 11.5. The summed E-state index contributed by atoms with van der Waals surface area (Å²) in [5.74, 6) is -0.693. The lowest BCUT2D eigenvalue weighted by molar-refractivity contribution is -0.143. The zero-order valence-corrected chi connectivity index (χ0v) is 9.73. The predicted molar refractivity (Wildman–Crippen MR) is 59.9 cm³/mol. The lowest BCUT2D eigenvalue weighted by atomic mass is 10.0. The molecule has 1 aromatic rings. The van der Waals surface area contributed by atoms with E-state index in [0.717, 1.165) is 0 Å². The van der Waals surface area contributed by atoms with Crippen LogP contribution in [0.2, 0.25) is 5.15 Å². The van der Waals surface area contributed by atoms with Crippen LogP contribution < -0.4 is 0 Å². The molecule has 0 aliphatic rings. The second-order valence-electron chi connectivity index (χ2n) is 2.96. The summed E-state index contributed by atoms with van der Waals surface area (Å²) < 4.78 is 4.76. The van der Waals surface area contributed by atoms with Gasteiger partial charge < -0.3 is 4.74 Å². The predicted octanol–water partition coefficient (Wildman–Crippen LogP) is 2.13. The van der Waals surface area contributed by atoms with Gasteiger partial charge in [0.05, 0.1) is 12.2 Å². The molecule has 0 N–H and O–H groups in total. The molecule has 6 heteroatoms. The van der Waals surface area contributed by atoms with E-state index >= 15 is 0 Å².